The van der Waals surface area contributed by atoms with E-state index in [1.54, 1.807) is 19.1 Å². The topological polar surface area (TPSA) is 55.8 Å². The van der Waals surface area contributed by atoms with E-state index in [-0.39, 0.29) is 12.4 Å². The van der Waals surface area contributed by atoms with Crippen molar-refractivity contribution < 1.29 is 19.4 Å². The molecule has 3 rings (SSSR count). The maximum absolute atomic E-state index is 11.5. The molecular weight excluding hydrogens is 268 g/mol. The molecular formula is C17H16O4. The molecule has 0 fully saturated rings. The normalized spacial score (nSPS) is 15.6. The summed E-state index contributed by atoms with van der Waals surface area (Å²) in [4.78, 5) is 11.5. The van der Waals surface area contributed by atoms with Gasteiger partial charge in [-0.1, -0.05) is 24.3 Å². The van der Waals surface area contributed by atoms with Crippen molar-refractivity contribution in [1.29, 1.82) is 0 Å². The van der Waals surface area contributed by atoms with Gasteiger partial charge in [-0.25, -0.2) is 0 Å². The SMILES string of the molecule is CCOC(=O)Cc1ccc2c(c1)C(O)c1ccccc1O2. The molecule has 1 N–H and O–H groups in total. The Labute approximate surface area is 122 Å². The zero-order chi connectivity index (χ0) is 14.8. The molecule has 1 aliphatic rings. The van der Waals surface area contributed by atoms with E-state index in [1.807, 2.05) is 30.3 Å². The van der Waals surface area contributed by atoms with E-state index in [0.717, 1.165) is 11.1 Å². The maximum atomic E-state index is 11.5. The van der Waals surface area contributed by atoms with Gasteiger partial charge in [0, 0.05) is 11.1 Å². The van der Waals surface area contributed by atoms with Crippen LogP contribution in [0.2, 0.25) is 0 Å². The van der Waals surface area contributed by atoms with Crippen LogP contribution in [0.15, 0.2) is 42.5 Å². The number of aliphatic hydroxyl groups is 1. The number of ether oxygens (including phenoxy) is 2. The van der Waals surface area contributed by atoms with Crippen molar-refractivity contribution in [2.75, 3.05) is 6.61 Å². The van der Waals surface area contributed by atoms with Crippen molar-refractivity contribution in [3.63, 3.8) is 0 Å². The summed E-state index contributed by atoms with van der Waals surface area (Å²) in [5, 5.41) is 10.5. The van der Waals surface area contributed by atoms with E-state index in [2.05, 4.69) is 0 Å². The van der Waals surface area contributed by atoms with E-state index in [0.29, 0.717) is 23.7 Å². The van der Waals surface area contributed by atoms with Crippen LogP contribution in [-0.2, 0) is 16.0 Å². The number of esters is 1. The third-order valence-electron chi connectivity index (χ3n) is 3.46. The predicted molar refractivity (Wildman–Crippen MR) is 77.4 cm³/mol. The summed E-state index contributed by atoms with van der Waals surface area (Å²) in [6.45, 7) is 2.14. The van der Waals surface area contributed by atoms with Crippen LogP contribution in [0.4, 0.5) is 0 Å². The van der Waals surface area contributed by atoms with E-state index >= 15 is 0 Å². The number of hydrogen-bond donors (Lipinski definition) is 1. The average molecular weight is 284 g/mol. The Kier molecular flexibility index (Phi) is 3.62. The van der Waals surface area contributed by atoms with Gasteiger partial charge in [0.2, 0.25) is 0 Å². The molecule has 0 radical (unpaired) electrons. The molecule has 2 aromatic rings. The van der Waals surface area contributed by atoms with Crippen molar-refractivity contribution >= 4 is 5.97 Å². The fraction of sp³-hybridized carbons (Fsp3) is 0.235. The summed E-state index contributed by atoms with van der Waals surface area (Å²) in [6, 6.07) is 12.8. The first kappa shape index (κ1) is 13.6. The van der Waals surface area contributed by atoms with Gasteiger partial charge >= 0.3 is 5.97 Å². The summed E-state index contributed by atoms with van der Waals surface area (Å²) in [7, 11) is 0. The minimum atomic E-state index is -0.743. The standard InChI is InChI=1S/C17H16O4/c1-2-20-16(18)10-11-7-8-15-13(9-11)17(19)12-5-3-4-6-14(12)21-15/h3-9,17,19H,2,10H2,1H3. The summed E-state index contributed by atoms with van der Waals surface area (Å²) in [6.07, 6.45) is -0.553. The van der Waals surface area contributed by atoms with Gasteiger partial charge in [0.05, 0.1) is 13.0 Å². The minimum absolute atomic E-state index is 0.190. The number of benzene rings is 2. The molecule has 21 heavy (non-hydrogen) atoms. The molecule has 0 bridgehead atoms. The highest BCUT2D eigenvalue weighted by Crippen LogP contribution is 2.42. The number of fused-ring (bicyclic) bond motifs is 2. The van der Waals surface area contributed by atoms with Crippen LogP contribution in [-0.4, -0.2) is 17.7 Å². The Balaban J connectivity index is 1.90. The molecule has 0 aromatic heterocycles. The second kappa shape index (κ2) is 5.58. The summed E-state index contributed by atoms with van der Waals surface area (Å²) in [5.74, 6) is 1.01. The Morgan fingerprint density at radius 1 is 1.19 bits per heavy atom. The van der Waals surface area contributed by atoms with Crippen LogP contribution >= 0.6 is 0 Å². The van der Waals surface area contributed by atoms with Crippen molar-refractivity contribution in [1.82, 2.24) is 0 Å². The lowest BCUT2D eigenvalue weighted by molar-refractivity contribution is -0.142. The zero-order valence-electron chi connectivity index (χ0n) is 11.7. The maximum Gasteiger partial charge on any atom is 0.310 e. The molecule has 0 amide bonds. The minimum Gasteiger partial charge on any atom is -0.466 e. The lowest BCUT2D eigenvalue weighted by atomic mass is 9.95. The van der Waals surface area contributed by atoms with Crippen molar-refractivity contribution in [3.05, 3.63) is 59.2 Å². The third-order valence-corrected chi connectivity index (χ3v) is 3.46. The molecule has 0 saturated heterocycles. The Hall–Kier alpha value is -2.33. The Bertz CT molecular complexity index is 678. The van der Waals surface area contributed by atoms with Crippen LogP contribution in [0, 0.1) is 0 Å². The van der Waals surface area contributed by atoms with Crippen LogP contribution in [0.25, 0.3) is 0 Å². The van der Waals surface area contributed by atoms with E-state index in [1.165, 1.54) is 0 Å². The van der Waals surface area contributed by atoms with Crippen molar-refractivity contribution in [3.8, 4) is 11.5 Å². The molecule has 1 unspecified atom stereocenters. The monoisotopic (exact) mass is 284 g/mol. The zero-order valence-corrected chi connectivity index (χ0v) is 11.7. The van der Waals surface area contributed by atoms with Gasteiger partial charge in [-0.15, -0.1) is 0 Å². The largest absolute Gasteiger partial charge is 0.466 e. The molecule has 1 heterocycles. The smallest absolute Gasteiger partial charge is 0.310 e. The van der Waals surface area contributed by atoms with Gasteiger partial charge in [-0.3, -0.25) is 4.79 Å². The number of carbonyl (C=O) groups is 1. The van der Waals surface area contributed by atoms with Gasteiger partial charge in [-0.2, -0.15) is 0 Å². The molecule has 4 nitrogen and oxygen atoms in total. The number of carbonyl (C=O) groups excluding carboxylic acids is 1. The number of hydrogen-bond acceptors (Lipinski definition) is 4. The van der Waals surface area contributed by atoms with Gasteiger partial charge in [0.1, 0.15) is 17.6 Å². The molecule has 2 aromatic carbocycles. The highest BCUT2D eigenvalue weighted by molar-refractivity contribution is 5.73. The molecule has 0 spiro atoms. The van der Waals surface area contributed by atoms with E-state index in [4.69, 9.17) is 9.47 Å². The Morgan fingerprint density at radius 2 is 1.95 bits per heavy atom. The van der Waals surface area contributed by atoms with Crippen LogP contribution < -0.4 is 4.74 Å². The van der Waals surface area contributed by atoms with E-state index in [9.17, 15) is 9.90 Å². The van der Waals surface area contributed by atoms with Crippen LogP contribution in [0.3, 0.4) is 0 Å². The van der Waals surface area contributed by atoms with Crippen LogP contribution in [0.5, 0.6) is 11.5 Å². The lowest BCUT2D eigenvalue weighted by Crippen LogP contribution is -2.12. The quantitative estimate of drug-likeness (QED) is 0.880. The van der Waals surface area contributed by atoms with E-state index < -0.39 is 6.10 Å². The summed E-state index contributed by atoms with van der Waals surface area (Å²) >= 11 is 0. The van der Waals surface area contributed by atoms with Crippen LogP contribution in [0.1, 0.15) is 29.7 Å². The summed E-state index contributed by atoms with van der Waals surface area (Å²) in [5.41, 5.74) is 2.21. The fourth-order valence-corrected chi connectivity index (χ4v) is 2.48. The van der Waals surface area contributed by atoms with Crippen molar-refractivity contribution in [2.45, 2.75) is 19.4 Å². The first-order valence-electron chi connectivity index (χ1n) is 6.92. The highest BCUT2D eigenvalue weighted by Gasteiger charge is 2.25. The number of para-hydroxylation sites is 1. The van der Waals surface area contributed by atoms with Gasteiger partial charge in [0.15, 0.2) is 0 Å². The number of aliphatic hydroxyl groups excluding tert-OH is 1. The molecule has 4 heteroatoms. The summed E-state index contributed by atoms with van der Waals surface area (Å²) < 4.78 is 10.7. The average Bonchev–Trinajstić information content (AvgIpc) is 2.48. The third kappa shape index (κ3) is 2.62. The van der Waals surface area contributed by atoms with Crippen molar-refractivity contribution in [2.24, 2.45) is 0 Å². The lowest BCUT2D eigenvalue weighted by Gasteiger charge is -2.25. The molecule has 1 aliphatic heterocycles. The second-order valence-corrected chi connectivity index (χ2v) is 4.90. The van der Waals surface area contributed by atoms with Gasteiger partial charge < -0.3 is 14.6 Å². The predicted octanol–water partition coefficient (Wildman–Crippen LogP) is 2.98. The molecule has 0 saturated carbocycles. The molecule has 108 valence electrons. The van der Waals surface area contributed by atoms with Gasteiger partial charge in [-0.05, 0) is 30.7 Å². The fourth-order valence-electron chi connectivity index (χ4n) is 2.48. The first-order valence-corrected chi connectivity index (χ1v) is 6.92. The van der Waals surface area contributed by atoms with Gasteiger partial charge in [0.25, 0.3) is 0 Å². The molecule has 0 aliphatic carbocycles. The first-order chi connectivity index (χ1) is 10.2. The molecule has 1 atom stereocenters. The number of rotatable bonds is 3. The second-order valence-electron chi connectivity index (χ2n) is 4.90. The Morgan fingerprint density at radius 3 is 2.76 bits per heavy atom. The highest BCUT2D eigenvalue weighted by atomic mass is 16.5.